The van der Waals surface area contributed by atoms with E-state index in [1.807, 2.05) is 0 Å². The van der Waals surface area contributed by atoms with Gasteiger partial charge < -0.3 is 11.1 Å². The van der Waals surface area contributed by atoms with Gasteiger partial charge in [0.2, 0.25) is 5.91 Å². The molecule has 2 amide bonds. The van der Waals surface area contributed by atoms with Crippen molar-refractivity contribution in [3.8, 4) is 11.1 Å². The molecule has 2 heterocycles. The van der Waals surface area contributed by atoms with Gasteiger partial charge in [0.05, 0.1) is 23.0 Å². The smallest absolute Gasteiger partial charge is 0.364 e. The van der Waals surface area contributed by atoms with E-state index in [0.717, 1.165) is 29.3 Å². The van der Waals surface area contributed by atoms with Crippen LogP contribution in [0.2, 0.25) is 0 Å². The predicted octanol–water partition coefficient (Wildman–Crippen LogP) is 5.73. The van der Waals surface area contributed by atoms with Crippen LogP contribution in [0.3, 0.4) is 0 Å². The summed E-state index contributed by atoms with van der Waals surface area (Å²) in [6.07, 6.45) is 3.59. The lowest BCUT2D eigenvalue weighted by molar-refractivity contribution is -0.122. The molecular weight excluding hydrogens is 593 g/mol. The SMILES string of the molecule is NC(=O)c1cc(-c2cccnc2CC(NC(=O)Cn2nc3c(c2C(F)(F)Cl)CCCC3)c2cc(F)cc(F)c2)ccc1F. The standard InChI is InChI=1S/C30H25ClF5N5O2/c31-30(35,36)28-21-4-1-2-6-24(21)40-41(28)15-27(42)39-25(17-10-18(32)13-19(33)11-17)14-26-20(5-3-9-38-26)16-7-8-23(34)22(12-16)29(37)43/h3,5,7-13,25H,1-2,4,6,14-15H2,(H2,37,43)(H,39,42). The molecule has 0 radical (unpaired) electrons. The number of halogens is 6. The fourth-order valence-corrected chi connectivity index (χ4v) is 5.59. The number of rotatable bonds is 9. The number of fused-ring (bicyclic) bond motifs is 1. The highest BCUT2D eigenvalue weighted by Gasteiger charge is 2.38. The number of nitrogens with two attached hydrogens (primary N) is 1. The van der Waals surface area contributed by atoms with Gasteiger partial charge in [-0.25, -0.2) is 13.2 Å². The summed E-state index contributed by atoms with van der Waals surface area (Å²) < 4.78 is 72.4. The number of benzene rings is 2. The summed E-state index contributed by atoms with van der Waals surface area (Å²) in [5.74, 6) is -4.36. The maximum Gasteiger partial charge on any atom is 0.364 e. The van der Waals surface area contributed by atoms with E-state index >= 15 is 0 Å². The lowest BCUT2D eigenvalue weighted by Gasteiger charge is -2.22. The largest absolute Gasteiger partial charge is 0.366 e. The first kappa shape index (κ1) is 30.1. The number of hydrogen-bond acceptors (Lipinski definition) is 4. The quantitative estimate of drug-likeness (QED) is 0.185. The number of nitrogens with one attached hydrogen (secondary N) is 1. The van der Waals surface area contributed by atoms with E-state index in [0.29, 0.717) is 53.4 Å². The lowest BCUT2D eigenvalue weighted by atomic mass is 9.95. The number of amides is 2. The molecule has 0 fully saturated rings. The zero-order chi connectivity index (χ0) is 30.9. The third-order valence-electron chi connectivity index (χ3n) is 7.24. The molecular formula is C30H25ClF5N5O2. The van der Waals surface area contributed by atoms with Gasteiger partial charge in [-0.15, -0.1) is 0 Å². The molecule has 43 heavy (non-hydrogen) atoms. The van der Waals surface area contributed by atoms with Crippen molar-refractivity contribution in [3.05, 3.63) is 106 Å². The number of carbonyl (C=O) groups is 2. The van der Waals surface area contributed by atoms with Crippen molar-refractivity contribution in [2.75, 3.05) is 0 Å². The summed E-state index contributed by atoms with van der Waals surface area (Å²) in [6.45, 7) is -0.631. The molecule has 7 nitrogen and oxygen atoms in total. The average Bonchev–Trinajstić information content (AvgIpc) is 3.31. The fraction of sp³-hybridized carbons (Fsp3) is 0.267. The molecule has 5 rings (SSSR count). The molecule has 224 valence electrons. The predicted molar refractivity (Wildman–Crippen MR) is 148 cm³/mol. The fourth-order valence-electron chi connectivity index (χ4n) is 5.38. The van der Waals surface area contributed by atoms with Crippen LogP contribution in [0.1, 0.15) is 57.5 Å². The first-order valence-electron chi connectivity index (χ1n) is 13.4. The third-order valence-corrected chi connectivity index (χ3v) is 7.42. The summed E-state index contributed by atoms with van der Waals surface area (Å²) in [4.78, 5) is 29.4. The Morgan fingerprint density at radius 1 is 1.05 bits per heavy atom. The number of primary amides is 1. The third kappa shape index (κ3) is 6.69. The minimum absolute atomic E-state index is 0.0436. The Hall–Kier alpha value is -4.32. The zero-order valence-corrected chi connectivity index (χ0v) is 23.3. The van der Waals surface area contributed by atoms with Gasteiger partial charge in [-0.3, -0.25) is 19.3 Å². The van der Waals surface area contributed by atoms with Gasteiger partial charge in [0.1, 0.15) is 29.7 Å². The van der Waals surface area contributed by atoms with E-state index in [9.17, 15) is 31.5 Å². The van der Waals surface area contributed by atoms with Crippen LogP contribution in [-0.2, 0) is 36.0 Å². The van der Waals surface area contributed by atoms with Gasteiger partial charge in [-0.05, 0) is 78.7 Å². The molecule has 0 saturated heterocycles. The van der Waals surface area contributed by atoms with Crippen LogP contribution in [0, 0.1) is 17.5 Å². The molecule has 1 atom stereocenters. The Bertz CT molecular complexity index is 1680. The van der Waals surface area contributed by atoms with Gasteiger partial charge in [0.25, 0.3) is 5.91 Å². The molecule has 1 aliphatic carbocycles. The molecule has 0 bridgehead atoms. The van der Waals surface area contributed by atoms with Gasteiger partial charge in [0.15, 0.2) is 0 Å². The van der Waals surface area contributed by atoms with Gasteiger partial charge in [-0.1, -0.05) is 12.1 Å². The van der Waals surface area contributed by atoms with E-state index in [-0.39, 0.29) is 17.5 Å². The van der Waals surface area contributed by atoms with Crippen molar-refractivity contribution in [3.63, 3.8) is 0 Å². The highest BCUT2D eigenvalue weighted by atomic mass is 35.5. The topological polar surface area (TPSA) is 103 Å². The molecule has 2 aromatic heterocycles. The number of aryl methyl sites for hydroxylation is 1. The van der Waals surface area contributed by atoms with Crippen LogP contribution in [0.5, 0.6) is 0 Å². The van der Waals surface area contributed by atoms with Gasteiger partial charge in [0, 0.05) is 29.8 Å². The van der Waals surface area contributed by atoms with Crippen LogP contribution in [-0.4, -0.2) is 26.6 Å². The monoisotopic (exact) mass is 617 g/mol. The van der Waals surface area contributed by atoms with Crippen LogP contribution in [0.4, 0.5) is 22.0 Å². The maximum atomic E-state index is 14.4. The van der Waals surface area contributed by atoms with E-state index in [2.05, 4.69) is 15.4 Å². The molecule has 13 heteroatoms. The summed E-state index contributed by atoms with van der Waals surface area (Å²) in [5, 5.41) is 3.12. The summed E-state index contributed by atoms with van der Waals surface area (Å²) in [7, 11) is 0. The van der Waals surface area contributed by atoms with E-state index in [1.165, 1.54) is 18.3 Å². The number of hydrogen-bond donors (Lipinski definition) is 2. The minimum atomic E-state index is -3.77. The van der Waals surface area contributed by atoms with Crippen molar-refractivity contribution in [1.29, 1.82) is 0 Å². The summed E-state index contributed by atoms with van der Waals surface area (Å²) >= 11 is 5.42. The number of nitrogens with zero attached hydrogens (tertiary/aromatic N) is 3. The number of aromatic nitrogens is 3. The van der Waals surface area contributed by atoms with Crippen molar-refractivity contribution < 1.29 is 31.5 Å². The Balaban J connectivity index is 1.49. The Morgan fingerprint density at radius 2 is 1.77 bits per heavy atom. The van der Waals surface area contributed by atoms with Gasteiger partial charge in [-0.2, -0.15) is 13.9 Å². The normalized spacial score (nSPS) is 13.8. The lowest BCUT2D eigenvalue weighted by Crippen LogP contribution is -2.34. The Labute approximate surface area is 247 Å². The van der Waals surface area contributed by atoms with Crippen molar-refractivity contribution >= 4 is 23.4 Å². The van der Waals surface area contributed by atoms with Crippen molar-refractivity contribution in [1.82, 2.24) is 20.1 Å². The molecule has 3 N–H and O–H groups in total. The molecule has 0 aliphatic heterocycles. The van der Waals surface area contributed by atoms with E-state index in [4.69, 9.17) is 17.3 Å². The molecule has 1 unspecified atom stereocenters. The molecule has 4 aromatic rings. The first-order chi connectivity index (χ1) is 20.4. The van der Waals surface area contributed by atoms with Crippen LogP contribution >= 0.6 is 11.6 Å². The number of pyridine rings is 1. The molecule has 2 aromatic carbocycles. The highest BCUT2D eigenvalue weighted by Crippen LogP contribution is 2.38. The Morgan fingerprint density at radius 3 is 2.47 bits per heavy atom. The van der Waals surface area contributed by atoms with Crippen LogP contribution < -0.4 is 11.1 Å². The second-order valence-electron chi connectivity index (χ2n) is 10.2. The molecule has 0 saturated carbocycles. The van der Waals surface area contributed by atoms with Crippen LogP contribution in [0.15, 0.2) is 54.7 Å². The molecule has 0 spiro atoms. The zero-order valence-electron chi connectivity index (χ0n) is 22.5. The van der Waals surface area contributed by atoms with E-state index < -0.39 is 52.9 Å². The first-order valence-corrected chi connectivity index (χ1v) is 13.7. The second kappa shape index (κ2) is 12.1. The van der Waals surface area contributed by atoms with Crippen LogP contribution in [0.25, 0.3) is 11.1 Å². The number of carbonyl (C=O) groups excluding carboxylic acids is 2. The van der Waals surface area contributed by atoms with E-state index in [1.54, 1.807) is 12.1 Å². The average molecular weight is 618 g/mol. The van der Waals surface area contributed by atoms with Crippen molar-refractivity contribution in [2.45, 2.75) is 50.1 Å². The van der Waals surface area contributed by atoms with Crippen molar-refractivity contribution in [2.24, 2.45) is 5.73 Å². The van der Waals surface area contributed by atoms with Gasteiger partial charge >= 0.3 is 5.38 Å². The summed E-state index contributed by atoms with van der Waals surface area (Å²) in [5.41, 5.74) is 6.34. The number of alkyl halides is 3. The highest BCUT2D eigenvalue weighted by molar-refractivity contribution is 6.21. The molecule has 1 aliphatic rings. The maximum absolute atomic E-state index is 14.4. The second-order valence-corrected chi connectivity index (χ2v) is 10.7. The Kier molecular flexibility index (Phi) is 8.50. The summed E-state index contributed by atoms with van der Waals surface area (Å²) in [6, 6.07) is 8.60. The minimum Gasteiger partial charge on any atom is -0.366 e.